The van der Waals surface area contributed by atoms with Crippen LogP contribution in [0.3, 0.4) is 0 Å². The molecule has 0 fully saturated rings. The second-order valence-electron chi connectivity index (χ2n) is 3.86. The zero-order valence-electron chi connectivity index (χ0n) is 9.20. The Morgan fingerprint density at radius 1 is 1.33 bits per heavy atom. The van der Waals surface area contributed by atoms with Crippen LogP contribution in [0.25, 0.3) is 0 Å². The molecule has 4 nitrogen and oxygen atoms in total. The molecule has 0 atom stereocenters. The molecule has 1 aromatic rings. The number of nitrogen functional groups attached to an aromatic ring is 1. The molecule has 1 aromatic carbocycles. The lowest BCUT2D eigenvalue weighted by molar-refractivity contribution is 0.159. The number of benzene rings is 1. The summed E-state index contributed by atoms with van der Waals surface area (Å²) in [6, 6.07) is 7.36. The SMILES string of the molecule is COC(=O)NC(C)(C)c1ccc(N)cc1. The lowest BCUT2D eigenvalue weighted by Crippen LogP contribution is -2.40. The Morgan fingerprint density at radius 2 is 1.87 bits per heavy atom. The van der Waals surface area contributed by atoms with Crippen molar-refractivity contribution in [1.29, 1.82) is 0 Å². The lowest BCUT2D eigenvalue weighted by Gasteiger charge is -2.26. The molecule has 82 valence electrons. The number of amides is 1. The molecule has 4 heteroatoms. The van der Waals surface area contributed by atoms with Crippen molar-refractivity contribution in [3.8, 4) is 0 Å². The van der Waals surface area contributed by atoms with Crippen molar-refractivity contribution >= 4 is 11.8 Å². The normalized spacial score (nSPS) is 10.9. The number of anilines is 1. The van der Waals surface area contributed by atoms with Crippen LogP contribution in [0.1, 0.15) is 19.4 Å². The summed E-state index contributed by atoms with van der Waals surface area (Å²) in [4.78, 5) is 11.1. The summed E-state index contributed by atoms with van der Waals surface area (Å²) in [6.45, 7) is 3.80. The van der Waals surface area contributed by atoms with E-state index in [0.29, 0.717) is 5.69 Å². The summed E-state index contributed by atoms with van der Waals surface area (Å²) in [7, 11) is 1.34. The van der Waals surface area contributed by atoms with Crippen molar-refractivity contribution in [1.82, 2.24) is 5.32 Å². The summed E-state index contributed by atoms with van der Waals surface area (Å²) < 4.78 is 4.56. The smallest absolute Gasteiger partial charge is 0.407 e. The minimum Gasteiger partial charge on any atom is -0.453 e. The maximum absolute atomic E-state index is 11.1. The molecule has 0 saturated carbocycles. The van der Waals surface area contributed by atoms with Gasteiger partial charge in [0.05, 0.1) is 12.6 Å². The van der Waals surface area contributed by atoms with E-state index in [1.54, 1.807) is 12.1 Å². The Hall–Kier alpha value is -1.71. The van der Waals surface area contributed by atoms with Crippen molar-refractivity contribution in [3.05, 3.63) is 29.8 Å². The summed E-state index contributed by atoms with van der Waals surface area (Å²) in [5.74, 6) is 0. The Labute approximate surface area is 89.4 Å². The van der Waals surface area contributed by atoms with E-state index >= 15 is 0 Å². The van der Waals surface area contributed by atoms with Crippen LogP contribution in [0.15, 0.2) is 24.3 Å². The second-order valence-corrected chi connectivity index (χ2v) is 3.86. The number of carbonyl (C=O) groups excluding carboxylic acids is 1. The van der Waals surface area contributed by atoms with Gasteiger partial charge in [-0.15, -0.1) is 0 Å². The Balaban J connectivity index is 2.85. The van der Waals surface area contributed by atoms with Gasteiger partial charge in [0.25, 0.3) is 0 Å². The fourth-order valence-corrected chi connectivity index (χ4v) is 1.28. The third kappa shape index (κ3) is 2.87. The molecule has 15 heavy (non-hydrogen) atoms. The van der Waals surface area contributed by atoms with E-state index in [1.165, 1.54) is 7.11 Å². The zero-order chi connectivity index (χ0) is 11.5. The molecule has 3 N–H and O–H groups in total. The van der Waals surface area contributed by atoms with Gasteiger partial charge >= 0.3 is 6.09 Å². The average molecular weight is 208 g/mol. The molecular weight excluding hydrogens is 192 g/mol. The largest absolute Gasteiger partial charge is 0.453 e. The van der Waals surface area contributed by atoms with E-state index in [0.717, 1.165) is 5.56 Å². The molecule has 0 aliphatic rings. The van der Waals surface area contributed by atoms with Gasteiger partial charge in [0.15, 0.2) is 0 Å². The molecule has 1 rings (SSSR count). The van der Waals surface area contributed by atoms with Crippen molar-refractivity contribution in [2.75, 3.05) is 12.8 Å². The monoisotopic (exact) mass is 208 g/mol. The highest BCUT2D eigenvalue weighted by Gasteiger charge is 2.22. The number of nitrogens with two attached hydrogens (primary N) is 1. The first-order valence-electron chi connectivity index (χ1n) is 4.68. The lowest BCUT2D eigenvalue weighted by atomic mass is 9.94. The Morgan fingerprint density at radius 3 is 2.33 bits per heavy atom. The standard InChI is InChI=1S/C11H16N2O2/c1-11(2,13-10(14)15-3)8-4-6-9(12)7-5-8/h4-7H,12H2,1-3H3,(H,13,14). The minimum absolute atomic E-state index is 0.447. The average Bonchev–Trinajstić information content (AvgIpc) is 2.17. The maximum atomic E-state index is 11.1. The number of ether oxygens (including phenoxy) is 1. The highest BCUT2D eigenvalue weighted by molar-refractivity contribution is 5.68. The van der Waals surface area contributed by atoms with Crippen molar-refractivity contribution in [3.63, 3.8) is 0 Å². The van der Waals surface area contributed by atoms with Crippen LogP contribution in [-0.2, 0) is 10.3 Å². The molecule has 0 heterocycles. The molecule has 0 aromatic heterocycles. The van der Waals surface area contributed by atoms with Gasteiger partial charge < -0.3 is 15.8 Å². The molecule has 0 spiro atoms. The van der Waals surface area contributed by atoms with Gasteiger partial charge in [-0.1, -0.05) is 12.1 Å². The van der Waals surface area contributed by atoms with Gasteiger partial charge in [-0.2, -0.15) is 0 Å². The first kappa shape index (κ1) is 11.4. The third-order valence-electron chi connectivity index (χ3n) is 2.23. The number of hydrogen-bond acceptors (Lipinski definition) is 3. The van der Waals surface area contributed by atoms with Crippen LogP contribution in [0.5, 0.6) is 0 Å². The number of rotatable bonds is 2. The Kier molecular flexibility index (Phi) is 3.19. The van der Waals surface area contributed by atoms with E-state index in [1.807, 2.05) is 26.0 Å². The maximum Gasteiger partial charge on any atom is 0.407 e. The zero-order valence-corrected chi connectivity index (χ0v) is 9.20. The van der Waals surface area contributed by atoms with E-state index in [-0.39, 0.29) is 0 Å². The van der Waals surface area contributed by atoms with Gasteiger partial charge in [-0.05, 0) is 31.5 Å². The quantitative estimate of drug-likeness (QED) is 0.729. The van der Waals surface area contributed by atoms with Crippen LogP contribution in [0, 0.1) is 0 Å². The number of carbonyl (C=O) groups is 1. The van der Waals surface area contributed by atoms with E-state index in [2.05, 4.69) is 10.1 Å². The van der Waals surface area contributed by atoms with Crippen LogP contribution in [0.2, 0.25) is 0 Å². The van der Waals surface area contributed by atoms with Gasteiger partial charge in [-0.3, -0.25) is 0 Å². The van der Waals surface area contributed by atoms with Crippen molar-refractivity contribution in [2.45, 2.75) is 19.4 Å². The predicted molar refractivity (Wildman–Crippen MR) is 59.4 cm³/mol. The highest BCUT2D eigenvalue weighted by atomic mass is 16.5. The second kappa shape index (κ2) is 4.21. The molecule has 0 saturated heterocycles. The third-order valence-corrected chi connectivity index (χ3v) is 2.23. The van der Waals surface area contributed by atoms with Gasteiger partial charge in [0, 0.05) is 5.69 Å². The first-order valence-corrected chi connectivity index (χ1v) is 4.68. The molecule has 0 radical (unpaired) electrons. The van der Waals surface area contributed by atoms with Gasteiger partial charge in [-0.25, -0.2) is 4.79 Å². The predicted octanol–water partition coefficient (Wildman–Crippen LogP) is 1.86. The molecule has 0 aliphatic heterocycles. The van der Waals surface area contributed by atoms with Crippen molar-refractivity contribution < 1.29 is 9.53 Å². The molecule has 0 unspecified atom stereocenters. The first-order chi connectivity index (χ1) is 6.95. The molecule has 0 bridgehead atoms. The van der Waals surface area contributed by atoms with E-state index in [9.17, 15) is 4.79 Å². The number of methoxy groups -OCH3 is 1. The molecule has 0 aliphatic carbocycles. The fourth-order valence-electron chi connectivity index (χ4n) is 1.28. The molecule has 1 amide bonds. The van der Waals surface area contributed by atoms with Crippen LogP contribution in [0.4, 0.5) is 10.5 Å². The summed E-state index contributed by atoms with van der Waals surface area (Å²) in [5, 5.41) is 2.74. The molecular formula is C11H16N2O2. The number of nitrogens with one attached hydrogen (secondary N) is 1. The Bertz CT molecular complexity index is 344. The van der Waals surface area contributed by atoms with E-state index in [4.69, 9.17) is 5.73 Å². The van der Waals surface area contributed by atoms with Crippen LogP contribution < -0.4 is 11.1 Å². The fraction of sp³-hybridized carbons (Fsp3) is 0.364. The minimum atomic E-state index is -0.471. The highest BCUT2D eigenvalue weighted by Crippen LogP contribution is 2.20. The topological polar surface area (TPSA) is 64.3 Å². The summed E-state index contributed by atoms with van der Waals surface area (Å²) in [6.07, 6.45) is -0.447. The van der Waals surface area contributed by atoms with Crippen LogP contribution >= 0.6 is 0 Å². The number of alkyl carbamates (subject to hydrolysis) is 1. The van der Waals surface area contributed by atoms with Crippen molar-refractivity contribution in [2.24, 2.45) is 0 Å². The number of hydrogen-bond donors (Lipinski definition) is 2. The summed E-state index contributed by atoms with van der Waals surface area (Å²) in [5.41, 5.74) is 6.79. The van der Waals surface area contributed by atoms with E-state index < -0.39 is 11.6 Å². The summed E-state index contributed by atoms with van der Waals surface area (Å²) >= 11 is 0. The van der Waals surface area contributed by atoms with Crippen LogP contribution in [-0.4, -0.2) is 13.2 Å². The van der Waals surface area contributed by atoms with Gasteiger partial charge in [0.1, 0.15) is 0 Å². The van der Waals surface area contributed by atoms with Gasteiger partial charge in [0.2, 0.25) is 0 Å².